The molecule has 3 rings (SSSR count). The van der Waals surface area contributed by atoms with Crippen LogP contribution < -0.4 is 9.64 Å². The molecule has 3 heteroatoms. The van der Waals surface area contributed by atoms with Crippen LogP contribution in [0.15, 0.2) is 36.4 Å². The Bertz CT molecular complexity index is 577. The van der Waals surface area contributed by atoms with Gasteiger partial charge in [-0.3, -0.25) is 4.79 Å². The van der Waals surface area contributed by atoms with Crippen molar-refractivity contribution in [1.82, 2.24) is 0 Å². The second kappa shape index (κ2) is 3.23. The molecule has 0 aliphatic carbocycles. The number of amides is 1. The number of benzene rings is 2. The lowest BCUT2D eigenvalue weighted by atomic mass is 10.1. The first-order chi connectivity index (χ1) is 7.77. The summed E-state index contributed by atoms with van der Waals surface area (Å²) in [6.07, 6.45) is 0. The number of hydrogen-bond donors (Lipinski definition) is 0. The van der Waals surface area contributed by atoms with Gasteiger partial charge in [-0.05, 0) is 11.5 Å². The third kappa shape index (κ3) is 1.18. The molecule has 0 bridgehead atoms. The van der Waals surface area contributed by atoms with Crippen LogP contribution >= 0.6 is 0 Å². The number of carbonyl (C=O) groups excluding carboxylic acids is 1. The van der Waals surface area contributed by atoms with E-state index in [2.05, 4.69) is 0 Å². The van der Waals surface area contributed by atoms with Crippen LogP contribution in [0.2, 0.25) is 0 Å². The van der Waals surface area contributed by atoms with E-state index in [1.165, 1.54) is 0 Å². The molecule has 0 N–H and O–H groups in total. The summed E-state index contributed by atoms with van der Waals surface area (Å²) in [4.78, 5) is 13.3. The Morgan fingerprint density at radius 2 is 2.00 bits per heavy atom. The number of rotatable bonds is 0. The Morgan fingerprint density at radius 3 is 2.88 bits per heavy atom. The topological polar surface area (TPSA) is 29.5 Å². The summed E-state index contributed by atoms with van der Waals surface area (Å²) in [5.41, 5.74) is 0.870. The number of fused-ring (bicyclic) bond motifs is 3. The molecule has 0 radical (unpaired) electrons. The molecule has 0 unspecified atom stereocenters. The third-order valence-corrected chi connectivity index (χ3v) is 2.92. The van der Waals surface area contributed by atoms with E-state index in [0.717, 1.165) is 22.2 Å². The summed E-state index contributed by atoms with van der Waals surface area (Å²) >= 11 is 0. The summed E-state index contributed by atoms with van der Waals surface area (Å²) in [7, 11) is 1.79. The van der Waals surface area contributed by atoms with Gasteiger partial charge in [0, 0.05) is 12.4 Å². The maximum Gasteiger partial charge on any atom is 0.264 e. The molecule has 0 saturated carbocycles. The lowest BCUT2D eigenvalue weighted by Crippen LogP contribution is -2.35. The molecule has 3 nitrogen and oxygen atoms in total. The van der Waals surface area contributed by atoms with E-state index in [1.54, 1.807) is 11.9 Å². The zero-order valence-electron chi connectivity index (χ0n) is 8.93. The van der Waals surface area contributed by atoms with Crippen LogP contribution in [0.1, 0.15) is 0 Å². The molecule has 0 spiro atoms. The quantitative estimate of drug-likeness (QED) is 0.671. The van der Waals surface area contributed by atoms with Gasteiger partial charge in [0.05, 0.1) is 5.69 Å². The van der Waals surface area contributed by atoms with Crippen molar-refractivity contribution in [2.75, 3.05) is 18.6 Å². The summed E-state index contributed by atoms with van der Waals surface area (Å²) in [5.74, 6) is 0.768. The van der Waals surface area contributed by atoms with Gasteiger partial charge in [-0.2, -0.15) is 0 Å². The van der Waals surface area contributed by atoms with Crippen LogP contribution in [0.3, 0.4) is 0 Å². The second-order valence-electron chi connectivity index (χ2n) is 3.87. The average molecular weight is 213 g/mol. The lowest BCUT2D eigenvalue weighted by molar-refractivity contribution is -0.120. The first-order valence-electron chi connectivity index (χ1n) is 5.18. The van der Waals surface area contributed by atoms with Gasteiger partial charge in [0.25, 0.3) is 5.91 Å². The summed E-state index contributed by atoms with van der Waals surface area (Å²) < 4.78 is 5.42. The predicted octanol–water partition coefficient (Wildman–Crippen LogP) is 2.20. The van der Waals surface area contributed by atoms with Crippen LogP contribution in [0, 0.1) is 0 Å². The number of carbonyl (C=O) groups is 1. The summed E-state index contributed by atoms with van der Waals surface area (Å²) in [6, 6.07) is 11.9. The van der Waals surface area contributed by atoms with Crippen molar-refractivity contribution in [2.45, 2.75) is 0 Å². The number of nitrogens with zero attached hydrogens (tertiary/aromatic N) is 1. The molecule has 80 valence electrons. The number of hydrogen-bond acceptors (Lipinski definition) is 2. The Balaban J connectivity index is 2.36. The van der Waals surface area contributed by atoms with Gasteiger partial charge in [-0.15, -0.1) is 0 Å². The molecule has 1 heterocycles. The Hall–Kier alpha value is -2.03. The van der Waals surface area contributed by atoms with Gasteiger partial charge in [-0.1, -0.05) is 30.3 Å². The highest BCUT2D eigenvalue weighted by atomic mass is 16.5. The lowest BCUT2D eigenvalue weighted by Gasteiger charge is -2.27. The van der Waals surface area contributed by atoms with Crippen molar-refractivity contribution < 1.29 is 9.53 Å². The molecule has 0 fully saturated rings. The molecule has 0 atom stereocenters. The predicted molar refractivity (Wildman–Crippen MR) is 62.9 cm³/mol. The average Bonchev–Trinajstić information content (AvgIpc) is 2.33. The molecular weight excluding hydrogens is 202 g/mol. The van der Waals surface area contributed by atoms with E-state index < -0.39 is 0 Å². The molecule has 16 heavy (non-hydrogen) atoms. The highest BCUT2D eigenvalue weighted by molar-refractivity contribution is 6.07. The Morgan fingerprint density at radius 1 is 1.19 bits per heavy atom. The number of ether oxygens (including phenoxy) is 1. The van der Waals surface area contributed by atoms with Crippen LogP contribution in [-0.2, 0) is 4.79 Å². The van der Waals surface area contributed by atoms with E-state index in [-0.39, 0.29) is 12.5 Å². The minimum atomic E-state index is -0.0103. The van der Waals surface area contributed by atoms with Crippen molar-refractivity contribution in [3.63, 3.8) is 0 Å². The first-order valence-corrected chi connectivity index (χ1v) is 5.18. The van der Waals surface area contributed by atoms with E-state index in [0.29, 0.717) is 0 Å². The van der Waals surface area contributed by atoms with Crippen molar-refractivity contribution >= 4 is 22.4 Å². The van der Waals surface area contributed by atoms with Crippen molar-refractivity contribution in [3.8, 4) is 5.75 Å². The third-order valence-electron chi connectivity index (χ3n) is 2.92. The minimum Gasteiger partial charge on any atom is -0.482 e. The van der Waals surface area contributed by atoms with Crippen LogP contribution in [0.25, 0.3) is 10.8 Å². The maximum absolute atomic E-state index is 11.6. The standard InChI is InChI=1S/C13H11NO2/c1-14-12(15)8-16-11-7-6-9-4-2-3-5-10(9)13(11)14/h2-7H,8H2,1H3. The molecule has 1 aliphatic heterocycles. The normalized spacial score (nSPS) is 14.8. The van der Waals surface area contributed by atoms with E-state index in [9.17, 15) is 4.79 Å². The molecule has 0 saturated heterocycles. The minimum absolute atomic E-state index is 0.0103. The summed E-state index contributed by atoms with van der Waals surface area (Å²) in [5, 5.41) is 2.17. The zero-order chi connectivity index (χ0) is 11.1. The molecule has 2 aromatic carbocycles. The second-order valence-corrected chi connectivity index (χ2v) is 3.87. The molecule has 1 aliphatic rings. The highest BCUT2D eigenvalue weighted by Crippen LogP contribution is 2.37. The van der Waals surface area contributed by atoms with Gasteiger partial charge >= 0.3 is 0 Å². The largest absolute Gasteiger partial charge is 0.482 e. The Labute approximate surface area is 93.2 Å². The number of anilines is 1. The van der Waals surface area contributed by atoms with Crippen LogP contribution in [-0.4, -0.2) is 19.6 Å². The molecular formula is C13H11NO2. The maximum atomic E-state index is 11.6. The van der Waals surface area contributed by atoms with Crippen molar-refractivity contribution in [3.05, 3.63) is 36.4 Å². The van der Waals surface area contributed by atoms with E-state index >= 15 is 0 Å². The van der Waals surface area contributed by atoms with Gasteiger partial charge in [0.1, 0.15) is 5.75 Å². The first kappa shape index (κ1) is 9.21. The molecule has 1 amide bonds. The SMILES string of the molecule is CN1C(=O)COc2ccc3ccccc3c21. The van der Waals surface area contributed by atoms with Crippen LogP contribution in [0.4, 0.5) is 5.69 Å². The van der Waals surface area contributed by atoms with Crippen molar-refractivity contribution in [2.24, 2.45) is 0 Å². The fourth-order valence-electron chi connectivity index (χ4n) is 2.06. The Kier molecular flexibility index (Phi) is 1.86. The van der Waals surface area contributed by atoms with Gasteiger partial charge in [0.15, 0.2) is 6.61 Å². The smallest absolute Gasteiger partial charge is 0.264 e. The van der Waals surface area contributed by atoms with E-state index in [1.807, 2.05) is 36.4 Å². The highest BCUT2D eigenvalue weighted by Gasteiger charge is 2.23. The fraction of sp³-hybridized carbons (Fsp3) is 0.154. The van der Waals surface area contributed by atoms with Gasteiger partial charge in [0.2, 0.25) is 0 Å². The summed E-state index contributed by atoms with van der Waals surface area (Å²) in [6.45, 7) is 0.127. The van der Waals surface area contributed by atoms with Gasteiger partial charge < -0.3 is 9.64 Å². The monoisotopic (exact) mass is 213 g/mol. The van der Waals surface area contributed by atoms with E-state index in [4.69, 9.17) is 4.74 Å². The number of likely N-dealkylation sites (N-methyl/N-ethyl adjacent to an activating group) is 1. The zero-order valence-corrected chi connectivity index (χ0v) is 8.93. The fourth-order valence-corrected chi connectivity index (χ4v) is 2.06. The van der Waals surface area contributed by atoms with Crippen LogP contribution in [0.5, 0.6) is 5.75 Å². The van der Waals surface area contributed by atoms with Crippen molar-refractivity contribution in [1.29, 1.82) is 0 Å². The molecule has 2 aromatic rings. The molecule has 0 aromatic heterocycles. The van der Waals surface area contributed by atoms with Gasteiger partial charge in [-0.25, -0.2) is 0 Å².